The summed E-state index contributed by atoms with van der Waals surface area (Å²) in [5, 5.41) is 23.8. The lowest BCUT2D eigenvalue weighted by molar-refractivity contribution is 0.230. The Morgan fingerprint density at radius 2 is 2.11 bits per heavy atom. The highest BCUT2D eigenvalue weighted by molar-refractivity contribution is 7.14. The second-order valence-electron chi connectivity index (χ2n) is 4.06. The summed E-state index contributed by atoms with van der Waals surface area (Å²) in [5.41, 5.74) is 1.04. The van der Waals surface area contributed by atoms with Crippen LogP contribution in [0.15, 0.2) is 23.6 Å². The van der Waals surface area contributed by atoms with Crippen molar-refractivity contribution in [1.82, 2.24) is 9.88 Å². The van der Waals surface area contributed by atoms with E-state index in [-0.39, 0.29) is 17.5 Å². The van der Waals surface area contributed by atoms with Crippen LogP contribution in [-0.2, 0) is 0 Å². The number of anilines is 1. The molecule has 0 aliphatic carbocycles. The summed E-state index contributed by atoms with van der Waals surface area (Å²) in [6.07, 6.45) is 0. The van der Waals surface area contributed by atoms with Gasteiger partial charge in [-0.25, -0.2) is 9.78 Å². The number of hydrogen-bond donors (Lipinski definition) is 3. The molecule has 1 aromatic carbocycles. The zero-order valence-corrected chi connectivity index (χ0v) is 11.2. The van der Waals surface area contributed by atoms with Gasteiger partial charge in [0.1, 0.15) is 11.5 Å². The molecular weight excluding hydrogens is 266 g/mol. The molecule has 0 atom stereocenters. The average molecular weight is 279 g/mol. The number of amides is 2. The molecule has 2 aromatic rings. The van der Waals surface area contributed by atoms with Crippen molar-refractivity contribution in [1.29, 1.82) is 0 Å². The molecule has 3 N–H and O–H groups in total. The minimum Gasteiger partial charge on any atom is -0.508 e. The summed E-state index contributed by atoms with van der Waals surface area (Å²) >= 11 is 1.26. The molecule has 6 nitrogen and oxygen atoms in total. The molecule has 0 unspecified atom stereocenters. The number of phenolic OH excluding ortho intramolecular Hbond substituents is 2. The Morgan fingerprint density at radius 3 is 2.74 bits per heavy atom. The maximum Gasteiger partial charge on any atom is 0.323 e. The Kier molecular flexibility index (Phi) is 3.57. The zero-order valence-electron chi connectivity index (χ0n) is 10.4. The fraction of sp³-hybridized carbons (Fsp3) is 0.167. The van der Waals surface area contributed by atoms with Gasteiger partial charge < -0.3 is 15.1 Å². The second kappa shape index (κ2) is 5.15. The van der Waals surface area contributed by atoms with Crippen molar-refractivity contribution in [3.05, 3.63) is 23.6 Å². The molecule has 2 rings (SSSR count). The zero-order chi connectivity index (χ0) is 14.0. The van der Waals surface area contributed by atoms with E-state index in [0.717, 1.165) is 0 Å². The van der Waals surface area contributed by atoms with E-state index >= 15 is 0 Å². The minimum atomic E-state index is -0.268. The summed E-state index contributed by atoms with van der Waals surface area (Å²) in [6.45, 7) is 0. The second-order valence-corrected chi connectivity index (χ2v) is 4.92. The molecule has 0 radical (unpaired) electrons. The number of benzene rings is 1. The number of carbonyl (C=O) groups is 1. The van der Waals surface area contributed by atoms with Crippen molar-refractivity contribution in [3.63, 3.8) is 0 Å². The van der Waals surface area contributed by atoms with Crippen LogP contribution in [-0.4, -0.2) is 40.2 Å². The number of phenols is 2. The predicted octanol–water partition coefficient (Wildman–Crippen LogP) is 2.31. The van der Waals surface area contributed by atoms with Crippen LogP contribution in [0.4, 0.5) is 9.93 Å². The van der Waals surface area contributed by atoms with E-state index in [1.807, 2.05) is 0 Å². The van der Waals surface area contributed by atoms with Gasteiger partial charge in [-0.05, 0) is 12.1 Å². The van der Waals surface area contributed by atoms with Gasteiger partial charge in [-0.15, -0.1) is 11.3 Å². The van der Waals surface area contributed by atoms with Crippen LogP contribution >= 0.6 is 11.3 Å². The van der Waals surface area contributed by atoms with Crippen LogP contribution < -0.4 is 5.32 Å². The highest BCUT2D eigenvalue weighted by atomic mass is 32.1. The standard InChI is InChI=1S/C12H13N3O3S/c1-15(2)12(18)14-11-13-9(6-19-11)8-4-3-7(16)5-10(8)17/h3-6,16-17H,1-2H3,(H,13,14,18). The summed E-state index contributed by atoms with van der Waals surface area (Å²) in [6, 6.07) is 4.01. The lowest BCUT2D eigenvalue weighted by Crippen LogP contribution is -2.27. The summed E-state index contributed by atoms with van der Waals surface area (Å²) in [7, 11) is 3.27. The number of rotatable bonds is 2. The molecule has 19 heavy (non-hydrogen) atoms. The molecule has 2 amide bonds. The van der Waals surface area contributed by atoms with Crippen molar-refractivity contribution < 1.29 is 15.0 Å². The van der Waals surface area contributed by atoms with Gasteiger partial charge in [-0.2, -0.15) is 0 Å². The van der Waals surface area contributed by atoms with E-state index < -0.39 is 0 Å². The first kappa shape index (κ1) is 13.2. The molecule has 0 spiro atoms. The normalized spacial score (nSPS) is 10.2. The number of urea groups is 1. The number of thiazole rings is 1. The quantitative estimate of drug-likeness (QED) is 0.787. The molecule has 0 aliphatic heterocycles. The van der Waals surface area contributed by atoms with E-state index in [4.69, 9.17) is 0 Å². The van der Waals surface area contributed by atoms with Gasteiger partial charge in [0.2, 0.25) is 0 Å². The number of nitrogens with one attached hydrogen (secondary N) is 1. The van der Waals surface area contributed by atoms with Crippen LogP contribution in [0.5, 0.6) is 11.5 Å². The van der Waals surface area contributed by atoms with Crippen molar-refractivity contribution >= 4 is 22.5 Å². The Bertz CT molecular complexity index is 610. The van der Waals surface area contributed by atoms with Crippen LogP contribution in [0.25, 0.3) is 11.3 Å². The summed E-state index contributed by atoms with van der Waals surface area (Å²) in [5.74, 6) is -0.0756. The van der Waals surface area contributed by atoms with Gasteiger partial charge in [0.25, 0.3) is 0 Å². The Hall–Kier alpha value is -2.28. The van der Waals surface area contributed by atoms with Gasteiger partial charge in [0.15, 0.2) is 5.13 Å². The molecule has 1 heterocycles. The first-order valence-electron chi connectivity index (χ1n) is 5.43. The van der Waals surface area contributed by atoms with Crippen molar-refractivity contribution in [3.8, 4) is 22.8 Å². The van der Waals surface area contributed by atoms with Crippen LogP contribution in [0.3, 0.4) is 0 Å². The van der Waals surface area contributed by atoms with E-state index in [0.29, 0.717) is 16.4 Å². The Labute approximate surface area is 114 Å². The highest BCUT2D eigenvalue weighted by Crippen LogP contribution is 2.33. The largest absolute Gasteiger partial charge is 0.508 e. The lowest BCUT2D eigenvalue weighted by atomic mass is 10.1. The third-order valence-electron chi connectivity index (χ3n) is 2.38. The maximum atomic E-state index is 11.5. The van der Waals surface area contributed by atoms with Crippen LogP contribution in [0, 0.1) is 0 Å². The maximum absolute atomic E-state index is 11.5. The van der Waals surface area contributed by atoms with E-state index in [9.17, 15) is 15.0 Å². The molecule has 0 bridgehead atoms. The first-order valence-corrected chi connectivity index (χ1v) is 6.31. The Balaban J connectivity index is 2.23. The summed E-state index contributed by atoms with van der Waals surface area (Å²) in [4.78, 5) is 17.1. The number of aromatic hydroxyl groups is 2. The van der Waals surface area contributed by atoms with E-state index in [1.165, 1.54) is 28.4 Å². The fourth-order valence-corrected chi connectivity index (χ4v) is 2.09. The van der Waals surface area contributed by atoms with E-state index in [1.54, 1.807) is 25.5 Å². The average Bonchev–Trinajstić information content (AvgIpc) is 2.77. The van der Waals surface area contributed by atoms with Gasteiger partial charge in [-0.1, -0.05) is 0 Å². The van der Waals surface area contributed by atoms with Crippen LogP contribution in [0.2, 0.25) is 0 Å². The fourth-order valence-electron chi connectivity index (χ4n) is 1.39. The third-order valence-corrected chi connectivity index (χ3v) is 3.14. The number of aromatic nitrogens is 1. The van der Waals surface area contributed by atoms with Crippen molar-refractivity contribution in [2.45, 2.75) is 0 Å². The predicted molar refractivity (Wildman–Crippen MR) is 73.6 cm³/mol. The lowest BCUT2D eigenvalue weighted by Gasteiger charge is -2.09. The number of nitrogens with zero attached hydrogens (tertiary/aromatic N) is 2. The number of hydrogen-bond acceptors (Lipinski definition) is 5. The minimum absolute atomic E-state index is 0.0161. The molecule has 1 aromatic heterocycles. The van der Waals surface area contributed by atoms with Crippen molar-refractivity contribution in [2.24, 2.45) is 0 Å². The Morgan fingerprint density at radius 1 is 1.37 bits per heavy atom. The SMILES string of the molecule is CN(C)C(=O)Nc1nc(-c2ccc(O)cc2O)cs1. The van der Waals surface area contributed by atoms with Gasteiger partial charge >= 0.3 is 6.03 Å². The molecule has 7 heteroatoms. The molecule has 0 fully saturated rings. The topological polar surface area (TPSA) is 85.7 Å². The highest BCUT2D eigenvalue weighted by Gasteiger charge is 2.11. The van der Waals surface area contributed by atoms with Gasteiger partial charge in [0, 0.05) is 31.1 Å². The monoisotopic (exact) mass is 279 g/mol. The molecule has 0 saturated carbocycles. The molecule has 100 valence electrons. The summed E-state index contributed by atoms with van der Waals surface area (Å²) < 4.78 is 0. The van der Waals surface area contributed by atoms with Crippen LogP contribution in [0.1, 0.15) is 0 Å². The third kappa shape index (κ3) is 2.94. The van der Waals surface area contributed by atoms with Gasteiger partial charge in [0.05, 0.1) is 5.69 Å². The molecule has 0 saturated heterocycles. The smallest absolute Gasteiger partial charge is 0.323 e. The molecule has 0 aliphatic rings. The van der Waals surface area contributed by atoms with Gasteiger partial charge in [-0.3, -0.25) is 5.32 Å². The molecular formula is C12H13N3O3S. The first-order chi connectivity index (χ1) is 8.97. The number of carbonyl (C=O) groups excluding carboxylic acids is 1. The van der Waals surface area contributed by atoms with Crippen molar-refractivity contribution in [2.75, 3.05) is 19.4 Å². The van der Waals surface area contributed by atoms with E-state index in [2.05, 4.69) is 10.3 Å².